The monoisotopic (exact) mass is 354 g/mol. The first-order chi connectivity index (χ1) is 12.5. The van der Waals surface area contributed by atoms with Crippen LogP contribution in [-0.2, 0) is 0 Å². The van der Waals surface area contributed by atoms with E-state index in [0.717, 1.165) is 17.7 Å². The summed E-state index contributed by atoms with van der Waals surface area (Å²) in [7, 11) is 1.63. The maximum Gasteiger partial charge on any atom is 0.257 e. The first kappa shape index (κ1) is 18.1. The van der Waals surface area contributed by atoms with Crippen molar-refractivity contribution in [1.29, 1.82) is 0 Å². The van der Waals surface area contributed by atoms with Crippen LogP contribution < -0.4 is 14.8 Å². The lowest BCUT2D eigenvalue weighted by atomic mass is 10.0. The van der Waals surface area contributed by atoms with E-state index >= 15 is 0 Å². The third kappa shape index (κ3) is 3.47. The Kier molecular flexibility index (Phi) is 5.35. The summed E-state index contributed by atoms with van der Waals surface area (Å²) in [4.78, 5) is 14.9. The molecular formula is C21H26N2O3. The molecule has 1 heterocycles. The molecule has 0 unspecified atom stereocenters. The van der Waals surface area contributed by atoms with Crippen LogP contribution in [0.5, 0.6) is 11.5 Å². The fourth-order valence-electron chi connectivity index (χ4n) is 3.23. The zero-order valence-corrected chi connectivity index (χ0v) is 15.8. The summed E-state index contributed by atoms with van der Waals surface area (Å²) in [5.41, 5.74) is 2.54. The van der Waals surface area contributed by atoms with E-state index in [-0.39, 0.29) is 18.2 Å². The average Bonchev–Trinajstić information content (AvgIpc) is 2.64. The van der Waals surface area contributed by atoms with Crippen molar-refractivity contribution in [3.63, 3.8) is 0 Å². The van der Waals surface area contributed by atoms with Crippen molar-refractivity contribution in [2.45, 2.75) is 39.5 Å². The number of para-hydroxylation sites is 1. The number of carbonyl (C=O) groups is 1. The van der Waals surface area contributed by atoms with Crippen LogP contribution in [0.15, 0.2) is 42.5 Å². The second-order valence-electron chi connectivity index (χ2n) is 6.67. The van der Waals surface area contributed by atoms with Crippen LogP contribution >= 0.6 is 0 Å². The van der Waals surface area contributed by atoms with Gasteiger partial charge in [0, 0.05) is 12.2 Å². The number of carbonyl (C=O) groups excluding carboxylic acids is 1. The van der Waals surface area contributed by atoms with E-state index in [1.54, 1.807) is 7.11 Å². The molecule has 0 bridgehead atoms. The highest BCUT2D eigenvalue weighted by Crippen LogP contribution is 2.37. The maximum absolute atomic E-state index is 13.0. The Balaban J connectivity index is 1.99. The molecule has 1 atom stereocenters. The van der Waals surface area contributed by atoms with Crippen LogP contribution in [0.2, 0.25) is 0 Å². The summed E-state index contributed by atoms with van der Waals surface area (Å²) in [6.07, 6.45) is 0.713. The zero-order chi connectivity index (χ0) is 18.7. The molecule has 0 radical (unpaired) electrons. The molecule has 2 aromatic carbocycles. The van der Waals surface area contributed by atoms with E-state index in [1.807, 2.05) is 61.2 Å². The smallest absolute Gasteiger partial charge is 0.257 e. The third-order valence-corrected chi connectivity index (χ3v) is 4.35. The summed E-state index contributed by atoms with van der Waals surface area (Å²) in [6.45, 7) is 6.71. The topological polar surface area (TPSA) is 50.8 Å². The number of amides is 1. The Bertz CT molecular complexity index is 789. The standard InChI is InChI=1S/C21H26N2O3/c1-5-12-23-20(22-17-9-7-6-8-16(17)21(23)24)15-10-11-18(26-14(2)3)19(13-15)25-4/h6-11,13-14,20,22H,5,12H2,1-4H3/t20-/m1/s1. The van der Waals surface area contributed by atoms with Gasteiger partial charge in [0.25, 0.3) is 5.91 Å². The van der Waals surface area contributed by atoms with Crippen molar-refractivity contribution in [2.24, 2.45) is 0 Å². The number of nitrogens with one attached hydrogen (secondary N) is 1. The number of benzene rings is 2. The maximum atomic E-state index is 13.0. The van der Waals surface area contributed by atoms with Gasteiger partial charge in [0.15, 0.2) is 11.5 Å². The molecule has 0 aromatic heterocycles. The number of ether oxygens (including phenoxy) is 2. The fourth-order valence-corrected chi connectivity index (χ4v) is 3.23. The van der Waals surface area contributed by atoms with Gasteiger partial charge in [-0.3, -0.25) is 4.79 Å². The van der Waals surface area contributed by atoms with Crippen LogP contribution in [0.4, 0.5) is 5.69 Å². The number of rotatable bonds is 6. The molecule has 5 nitrogen and oxygen atoms in total. The Hall–Kier alpha value is -2.69. The summed E-state index contributed by atoms with van der Waals surface area (Å²) in [5.74, 6) is 1.42. The van der Waals surface area contributed by atoms with Crippen LogP contribution in [0, 0.1) is 0 Å². The molecule has 0 fully saturated rings. The Morgan fingerprint density at radius 1 is 1.15 bits per heavy atom. The highest BCUT2D eigenvalue weighted by Gasteiger charge is 2.32. The molecule has 0 aliphatic carbocycles. The lowest BCUT2D eigenvalue weighted by Crippen LogP contribution is -2.43. The van der Waals surface area contributed by atoms with Crippen molar-refractivity contribution in [3.8, 4) is 11.5 Å². The van der Waals surface area contributed by atoms with E-state index in [0.29, 0.717) is 23.6 Å². The van der Waals surface area contributed by atoms with Gasteiger partial charge >= 0.3 is 0 Å². The highest BCUT2D eigenvalue weighted by molar-refractivity contribution is 6.01. The summed E-state index contributed by atoms with van der Waals surface area (Å²) in [5, 5.41) is 3.50. The first-order valence-corrected chi connectivity index (χ1v) is 9.06. The van der Waals surface area contributed by atoms with Crippen molar-refractivity contribution in [3.05, 3.63) is 53.6 Å². The molecule has 2 aromatic rings. The van der Waals surface area contributed by atoms with Crippen molar-refractivity contribution >= 4 is 11.6 Å². The minimum atomic E-state index is -0.237. The highest BCUT2D eigenvalue weighted by atomic mass is 16.5. The molecular weight excluding hydrogens is 328 g/mol. The van der Waals surface area contributed by atoms with E-state index in [9.17, 15) is 4.79 Å². The predicted molar refractivity (Wildman–Crippen MR) is 103 cm³/mol. The third-order valence-electron chi connectivity index (χ3n) is 4.35. The second kappa shape index (κ2) is 7.68. The Labute approximate surface area is 154 Å². The van der Waals surface area contributed by atoms with Crippen molar-refractivity contribution < 1.29 is 14.3 Å². The second-order valence-corrected chi connectivity index (χ2v) is 6.67. The average molecular weight is 354 g/mol. The van der Waals surface area contributed by atoms with Gasteiger partial charge in [-0.15, -0.1) is 0 Å². The molecule has 1 amide bonds. The van der Waals surface area contributed by atoms with Crippen LogP contribution in [0.1, 0.15) is 49.3 Å². The van der Waals surface area contributed by atoms with Crippen LogP contribution in [-0.4, -0.2) is 30.6 Å². The SMILES string of the molecule is CCCN1C(=O)c2ccccc2N[C@H]1c1ccc(OC(C)C)c(OC)c1. The number of nitrogens with zero attached hydrogens (tertiary/aromatic N) is 1. The molecule has 1 aliphatic rings. The minimum absolute atomic E-state index is 0.0488. The lowest BCUT2D eigenvalue weighted by molar-refractivity contribution is 0.0683. The van der Waals surface area contributed by atoms with Gasteiger partial charge in [0.05, 0.1) is 18.8 Å². The molecule has 0 spiro atoms. The van der Waals surface area contributed by atoms with Gasteiger partial charge in [-0.2, -0.15) is 0 Å². The number of anilines is 1. The summed E-state index contributed by atoms with van der Waals surface area (Å²) >= 11 is 0. The fraction of sp³-hybridized carbons (Fsp3) is 0.381. The predicted octanol–water partition coefficient (Wildman–Crippen LogP) is 4.46. The molecule has 1 N–H and O–H groups in total. The zero-order valence-electron chi connectivity index (χ0n) is 15.8. The molecule has 138 valence electrons. The molecule has 3 rings (SSSR count). The quantitative estimate of drug-likeness (QED) is 0.832. The minimum Gasteiger partial charge on any atom is -0.493 e. The van der Waals surface area contributed by atoms with Crippen molar-refractivity contribution in [2.75, 3.05) is 19.0 Å². The molecule has 0 saturated carbocycles. The van der Waals surface area contributed by atoms with E-state index in [2.05, 4.69) is 12.2 Å². The van der Waals surface area contributed by atoms with Crippen molar-refractivity contribution in [1.82, 2.24) is 4.90 Å². The van der Waals surface area contributed by atoms with E-state index in [1.165, 1.54) is 0 Å². The summed E-state index contributed by atoms with van der Waals surface area (Å²) in [6, 6.07) is 13.5. The van der Waals surface area contributed by atoms with Gasteiger partial charge in [-0.25, -0.2) is 0 Å². The molecule has 0 saturated heterocycles. The van der Waals surface area contributed by atoms with Gasteiger partial charge < -0.3 is 19.7 Å². The largest absolute Gasteiger partial charge is 0.493 e. The summed E-state index contributed by atoms with van der Waals surface area (Å²) < 4.78 is 11.3. The number of fused-ring (bicyclic) bond motifs is 1. The van der Waals surface area contributed by atoms with Crippen LogP contribution in [0.3, 0.4) is 0 Å². The van der Waals surface area contributed by atoms with E-state index < -0.39 is 0 Å². The van der Waals surface area contributed by atoms with E-state index in [4.69, 9.17) is 9.47 Å². The number of hydrogen-bond donors (Lipinski definition) is 1. The molecule has 26 heavy (non-hydrogen) atoms. The Morgan fingerprint density at radius 3 is 2.62 bits per heavy atom. The number of methoxy groups -OCH3 is 1. The van der Waals surface area contributed by atoms with Gasteiger partial charge in [0.1, 0.15) is 6.17 Å². The molecule has 1 aliphatic heterocycles. The van der Waals surface area contributed by atoms with Gasteiger partial charge in [0.2, 0.25) is 0 Å². The first-order valence-electron chi connectivity index (χ1n) is 9.06. The Morgan fingerprint density at radius 2 is 1.92 bits per heavy atom. The lowest BCUT2D eigenvalue weighted by Gasteiger charge is -2.38. The normalized spacial score (nSPS) is 16.3. The van der Waals surface area contributed by atoms with Gasteiger partial charge in [-0.1, -0.05) is 25.1 Å². The number of hydrogen-bond acceptors (Lipinski definition) is 4. The molecule has 5 heteroatoms. The van der Waals surface area contributed by atoms with Crippen LogP contribution in [0.25, 0.3) is 0 Å². The van der Waals surface area contributed by atoms with Gasteiger partial charge in [-0.05, 0) is 50.1 Å².